The average Bonchev–Trinajstić information content (AvgIpc) is 2.72. The molecule has 1 amide bonds. The number of ether oxygens (including phenoxy) is 3. The quantitative estimate of drug-likeness (QED) is 0.747. The molecule has 0 saturated carbocycles. The van der Waals surface area contributed by atoms with Gasteiger partial charge in [-0.05, 0) is 49.4 Å². The number of carbonyl (C=O) groups is 1. The molecule has 0 radical (unpaired) electrons. The van der Waals surface area contributed by atoms with Crippen LogP contribution >= 0.6 is 0 Å². The Morgan fingerprint density at radius 2 is 1.59 bits per heavy atom. The van der Waals surface area contributed by atoms with Crippen LogP contribution in [0.4, 0.5) is 0 Å². The van der Waals surface area contributed by atoms with Crippen LogP contribution in [-0.2, 0) is 4.79 Å². The first-order valence-corrected chi connectivity index (χ1v) is 9.39. The number of hydrogen-bond donors (Lipinski definition) is 0. The first kappa shape index (κ1) is 19.1. The zero-order valence-corrected chi connectivity index (χ0v) is 16.0. The summed E-state index contributed by atoms with van der Waals surface area (Å²) in [5.74, 6) is 2.66. The first-order chi connectivity index (χ1) is 13.2. The molecule has 1 aliphatic heterocycles. The van der Waals surface area contributed by atoms with Gasteiger partial charge in [0, 0.05) is 13.1 Å². The summed E-state index contributed by atoms with van der Waals surface area (Å²) in [5.41, 5.74) is 1.15. The van der Waals surface area contributed by atoms with Crippen molar-refractivity contribution in [3.05, 3.63) is 54.1 Å². The van der Waals surface area contributed by atoms with Crippen LogP contribution in [0, 0.1) is 12.8 Å². The molecule has 27 heavy (non-hydrogen) atoms. The Morgan fingerprint density at radius 3 is 2.26 bits per heavy atom. The van der Waals surface area contributed by atoms with E-state index in [0.29, 0.717) is 24.0 Å². The van der Waals surface area contributed by atoms with Crippen molar-refractivity contribution in [1.29, 1.82) is 0 Å². The van der Waals surface area contributed by atoms with E-state index in [9.17, 15) is 4.79 Å². The summed E-state index contributed by atoms with van der Waals surface area (Å²) in [6, 6.07) is 15.4. The molecule has 2 aromatic carbocycles. The fourth-order valence-corrected chi connectivity index (χ4v) is 3.24. The summed E-state index contributed by atoms with van der Waals surface area (Å²) >= 11 is 0. The minimum absolute atomic E-state index is 0.0131. The van der Waals surface area contributed by atoms with E-state index < -0.39 is 0 Å². The molecule has 3 rings (SSSR count). The molecule has 0 spiro atoms. The normalized spacial score (nSPS) is 14.7. The summed E-state index contributed by atoms with van der Waals surface area (Å²) in [7, 11) is 1.59. The van der Waals surface area contributed by atoms with Gasteiger partial charge >= 0.3 is 0 Å². The highest BCUT2D eigenvalue weighted by atomic mass is 16.5. The van der Waals surface area contributed by atoms with E-state index in [4.69, 9.17) is 14.2 Å². The van der Waals surface area contributed by atoms with Crippen LogP contribution in [0.15, 0.2) is 48.5 Å². The van der Waals surface area contributed by atoms with Crippen LogP contribution < -0.4 is 14.2 Å². The molecule has 0 aliphatic carbocycles. The molecule has 1 saturated heterocycles. The minimum atomic E-state index is 0.0131. The van der Waals surface area contributed by atoms with Gasteiger partial charge in [0.1, 0.15) is 5.75 Å². The van der Waals surface area contributed by atoms with Crippen molar-refractivity contribution >= 4 is 5.91 Å². The molecule has 144 valence electrons. The number of nitrogens with zero attached hydrogens (tertiary/aromatic N) is 1. The molecule has 0 unspecified atom stereocenters. The fourth-order valence-electron chi connectivity index (χ4n) is 3.24. The van der Waals surface area contributed by atoms with Gasteiger partial charge < -0.3 is 19.1 Å². The maximum atomic E-state index is 12.4. The molecular weight excluding hydrogens is 342 g/mol. The van der Waals surface area contributed by atoms with E-state index in [1.807, 2.05) is 41.3 Å². The maximum Gasteiger partial charge on any atom is 0.260 e. The van der Waals surface area contributed by atoms with Gasteiger partial charge in [0.05, 0.1) is 13.7 Å². The van der Waals surface area contributed by atoms with Gasteiger partial charge in [-0.25, -0.2) is 0 Å². The Bertz CT molecular complexity index is 753. The second-order valence-corrected chi connectivity index (χ2v) is 6.84. The van der Waals surface area contributed by atoms with Crippen molar-refractivity contribution in [3.8, 4) is 17.2 Å². The molecule has 1 aliphatic rings. The number of methoxy groups -OCH3 is 1. The van der Waals surface area contributed by atoms with Gasteiger partial charge in [-0.1, -0.05) is 30.3 Å². The number of para-hydroxylation sites is 3. The summed E-state index contributed by atoms with van der Waals surface area (Å²) in [5, 5.41) is 0. The molecule has 1 heterocycles. The largest absolute Gasteiger partial charge is 0.493 e. The lowest BCUT2D eigenvalue weighted by atomic mass is 9.98. The molecule has 5 heteroatoms. The van der Waals surface area contributed by atoms with Gasteiger partial charge in [-0.15, -0.1) is 0 Å². The number of amides is 1. The topological polar surface area (TPSA) is 48.0 Å². The molecule has 0 bridgehead atoms. The summed E-state index contributed by atoms with van der Waals surface area (Å²) in [4.78, 5) is 14.3. The van der Waals surface area contributed by atoms with Crippen molar-refractivity contribution in [1.82, 2.24) is 4.90 Å². The SMILES string of the molecule is COc1ccccc1OCC(=O)N1CCC(COc2ccccc2C)CC1. The number of hydrogen-bond acceptors (Lipinski definition) is 4. The molecule has 0 N–H and O–H groups in total. The Balaban J connectivity index is 1.42. The van der Waals surface area contributed by atoms with Gasteiger partial charge in [0.25, 0.3) is 5.91 Å². The highest BCUT2D eigenvalue weighted by Gasteiger charge is 2.23. The predicted octanol–water partition coefficient (Wildman–Crippen LogP) is 3.70. The van der Waals surface area contributed by atoms with Crippen LogP contribution in [0.1, 0.15) is 18.4 Å². The van der Waals surface area contributed by atoms with Crippen LogP contribution in [0.5, 0.6) is 17.2 Å². The lowest BCUT2D eigenvalue weighted by molar-refractivity contribution is -0.134. The lowest BCUT2D eigenvalue weighted by Crippen LogP contribution is -2.42. The molecular formula is C22H27NO4. The van der Waals surface area contributed by atoms with Crippen LogP contribution in [0.2, 0.25) is 0 Å². The van der Waals surface area contributed by atoms with Crippen molar-refractivity contribution in [2.45, 2.75) is 19.8 Å². The molecule has 0 aromatic heterocycles. The van der Waals surface area contributed by atoms with E-state index in [2.05, 4.69) is 13.0 Å². The van der Waals surface area contributed by atoms with Crippen molar-refractivity contribution in [2.75, 3.05) is 33.4 Å². The zero-order chi connectivity index (χ0) is 19.1. The number of likely N-dealkylation sites (tertiary alicyclic amines) is 1. The Hall–Kier alpha value is -2.69. The van der Waals surface area contributed by atoms with E-state index in [-0.39, 0.29) is 12.5 Å². The third kappa shape index (κ3) is 5.16. The summed E-state index contributed by atoms with van der Waals surface area (Å²) < 4.78 is 16.9. The number of rotatable bonds is 7. The second-order valence-electron chi connectivity index (χ2n) is 6.84. The molecule has 5 nitrogen and oxygen atoms in total. The highest BCUT2D eigenvalue weighted by molar-refractivity contribution is 5.78. The Labute approximate surface area is 160 Å². The van der Waals surface area contributed by atoms with Crippen LogP contribution in [0.3, 0.4) is 0 Å². The van der Waals surface area contributed by atoms with E-state index in [1.165, 1.54) is 0 Å². The standard InChI is InChI=1S/C22H27NO4/c1-17-7-3-4-8-19(17)26-15-18-11-13-23(14-12-18)22(24)16-27-21-10-6-5-9-20(21)25-2/h3-10,18H,11-16H2,1-2H3. The minimum Gasteiger partial charge on any atom is -0.493 e. The van der Waals surface area contributed by atoms with E-state index in [0.717, 1.165) is 37.2 Å². The smallest absolute Gasteiger partial charge is 0.260 e. The summed E-state index contributed by atoms with van der Waals surface area (Å²) in [6.45, 7) is 4.28. The van der Waals surface area contributed by atoms with Crippen LogP contribution in [-0.4, -0.2) is 44.2 Å². The number of benzene rings is 2. The Morgan fingerprint density at radius 1 is 0.963 bits per heavy atom. The van der Waals surface area contributed by atoms with Crippen molar-refractivity contribution in [2.24, 2.45) is 5.92 Å². The highest BCUT2D eigenvalue weighted by Crippen LogP contribution is 2.26. The third-order valence-electron chi connectivity index (χ3n) is 4.96. The van der Waals surface area contributed by atoms with Gasteiger partial charge in [-0.2, -0.15) is 0 Å². The van der Waals surface area contributed by atoms with Crippen LogP contribution in [0.25, 0.3) is 0 Å². The molecule has 1 fully saturated rings. The maximum absolute atomic E-state index is 12.4. The first-order valence-electron chi connectivity index (χ1n) is 9.39. The number of piperidine rings is 1. The zero-order valence-electron chi connectivity index (χ0n) is 16.0. The monoisotopic (exact) mass is 369 g/mol. The second kappa shape index (κ2) is 9.31. The predicted molar refractivity (Wildman–Crippen MR) is 104 cm³/mol. The number of carbonyl (C=O) groups excluding carboxylic acids is 1. The summed E-state index contributed by atoms with van der Waals surface area (Å²) in [6.07, 6.45) is 1.90. The van der Waals surface area contributed by atoms with Crippen molar-refractivity contribution in [3.63, 3.8) is 0 Å². The third-order valence-corrected chi connectivity index (χ3v) is 4.96. The Kier molecular flexibility index (Phi) is 6.58. The van der Waals surface area contributed by atoms with Gasteiger partial charge in [-0.3, -0.25) is 4.79 Å². The molecule has 0 atom stereocenters. The van der Waals surface area contributed by atoms with Gasteiger partial charge in [0.15, 0.2) is 18.1 Å². The lowest BCUT2D eigenvalue weighted by Gasteiger charge is -2.32. The molecule has 2 aromatic rings. The fraction of sp³-hybridized carbons (Fsp3) is 0.409. The van der Waals surface area contributed by atoms with Crippen molar-refractivity contribution < 1.29 is 19.0 Å². The average molecular weight is 369 g/mol. The number of aryl methyl sites for hydroxylation is 1. The van der Waals surface area contributed by atoms with E-state index in [1.54, 1.807) is 13.2 Å². The van der Waals surface area contributed by atoms with E-state index >= 15 is 0 Å². The van der Waals surface area contributed by atoms with Gasteiger partial charge in [0.2, 0.25) is 0 Å².